The molecule has 1 saturated heterocycles. The molecule has 5 heteroatoms. The molecule has 0 unspecified atom stereocenters. The molecule has 0 atom stereocenters. The Kier molecular flexibility index (Phi) is 3.55. The third-order valence-electron chi connectivity index (χ3n) is 4.23. The van der Waals surface area contributed by atoms with Gasteiger partial charge in [-0.2, -0.15) is 0 Å². The number of hydrogen-bond acceptors (Lipinski definition) is 3. The van der Waals surface area contributed by atoms with Crippen LogP contribution in [0.15, 0.2) is 6.33 Å². The fourth-order valence-electron chi connectivity index (χ4n) is 2.70. The number of carbonyl (C=O) groups excluding carboxylic acids is 1. The van der Waals surface area contributed by atoms with E-state index in [4.69, 9.17) is 0 Å². The van der Waals surface area contributed by atoms with Crippen molar-refractivity contribution in [1.82, 2.24) is 20.2 Å². The summed E-state index contributed by atoms with van der Waals surface area (Å²) in [5, 5.41) is 3.55. The fourth-order valence-corrected chi connectivity index (χ4v) is 2.70. The molecule has 3 rings (SSSR count). The van der Waals surface area contributed by atoms with Crippen molar-refractivity contribution in [3.8, 4) is 0 Å². The van der Waals surface area contributed by atoms with Crippen LogP contribution in [0.2, 0.25) is 0 Å². The summed E-state index contributed by atoms with van der Waals surface area (Å²) in [6.07, 6.45) is 6.07. The number of carbonyl (C=O) groups is 1. The Bertz CT molecular complexity index is 444. The second-order valence-electron chi connectivity index (χ2n) is 5.73. The van der Waals surface area contributed by atoms with Crippen LogP contribution in [0.1, 0.15) is 37.1 Å². The predicted octanol–water partition coefficient (Wildman–Crippen LogP) is 1.21. The van der Waals surface area contributed by atoms with Crippen LogP contribution in [0.25, 0.3) is 0 Å². The number of rotatable bonds is 4. The SMILES string of the molecule is Cc1[nH]cnc1CNC1CCN(C(=O)C2CC2)CC1. The number of nitrogens with one attached hydrogen (secondary N) is 2. The van der Waals surface area contributed by atoms with Gasteiger partial charge in [0.2, 0.25) is 5.91 Å². The van der Waals surface area contributed by atoms with E-state index in [0.717, 1.165) is 56.7 Å². The van der Waals surface area contributed by atoms with Crippen molar-refractivity contribution in [2.24, 2.45) is 5.92 Å². The Morgan fingerprint density at radius 1 is 1.42 bits per heavy atom. The van der Waals surface area contributed by atoms with Crippen LogP contribution in [-0.4, -0.2) is 39.9 Å². The van der Waals surface area contributed by atoms with Crippen LogP contribution in [-0.2, 0) is 11.3 Å². The van der Waals surface area contributed by atoms with Gasteiger partial charge in [-0.3, -0.25) is 4.79 Å². The van der Waals surface area contributed by atoms with Gasteiger partial charge in [-0.15, -0.1) is 0 Å². The maximum Gasteiger partial charge on any atom is 0.225 e. The van der Waals surface area contributed by atoms with E-state index in [2.05, 4.69) is 20.2 Å². The predicted molar refractivity (Wildman–Crippen MR) is 72.5 cm³/mol. The zero-order chi connectivity index (χ0) is 13.2. The summed E-state index contributed by atoms with van der Waals surface area (Å²) in [6.45, 7) is 4.68. The minimum absolute atomic E-state index is 0.358. The van der Waals surface area contributed by atoms with Crippen molar-refractivity contribution in [2.45, 2.75) is 45.2 Å². The molecule has 0 aromatic carbocycles. The first-order valence-corrected chi connectivity index (χ1v) is 7.25. The number of imidazole rings is 1. The molecular formula is C14H22N4O. The number of aryl methyl sites for hydroxylation is 1. The van der Waals surface area contributed by atoms with Gasteiger partial charge in [-0.05, 0) is 32.6 Å². The van der Waals surface area contributed by atoms with Gasteiger partial charge in [0.05, 0.1) is 12.0 Å². The lowest BCUT2D eigenvalue weighted by Gasteiger charge is -2.32. The van der Waals surface area contributed by atoms with Gasteiger partial charge in [0, 0.05) is 37.3 Å². The molecule has 0 bridgehead atoms. The third kappa shape index (κ3) is 2.97. The van der Waals surface area contributed by atoms with Crippen LogP contribution in [0, 0.1) is 12.8 Å². The zero-order valence-electron chi connectivity index (χ0n) is 11.5. The third-order valence-corrected chi connectivity index (χ3v) is 4.23. The lowest BCUT2D eigenvalue weighted by atomic mass is 10.0. The van der Waals surface area contributed by atoms with Gasteiger partial charge in [-0.1, -0.05) is 0 Å². The molecule has 1 saturated carbocycles. The van der Waals surface area contributed by atoms with Crippen molar-refractivity contribution in [1.29, 1.82) is 0 Å². The van der Waals surface area contributed by atoms with Crippen LogP contribution in [0.4, 0.5) is 0 Å². The minimum Gasteiger partial charge on any atom is -0.348 e. The Hall–Kier alpha value is -1.36. The van der Waals surface area contributed by atoms with Crippen LogP contribution in [0.5, 0.6) is 0 Å². The van der Waals surface area contributed by atoms with Gasteiger partial charge in [0.1, 0.15) is 0 Å². The van der Waals surface area contributed by atoms with E-state index < -0.39 is 0 Å². The summed E-state index contributed by atoms with van der Waals surface area (Å²) >= 11 is 0. The lowest BCUT2D eigenvalue weighted by Crippen LogP contribution is -2.45. The zero-order valence-corrected chi connectivity index (χ0v) is 11.5. The van der Waals surface area contributed by atoms with Gasteiger partial charge in [-0.25, -0.2) is 4.98 Å². The minimum atomic E-state index is 0.358. The van der Waals surface area contributed by atoms with E-state index in [0.29, 0.717) is 17.9 Å². The van der Waals surface area contributed by atoms with E-state index in [1.807, 2.05) is 6.92 Å². The van der Waals surface area contributed by atoms with E-state index >= 15 is 0 Å². The summed E-state index contributed by atoms with van der Waals surface area (Å²) in [7, 11) is 0. The Balaban J connectivity index is 1.43. The standard InChI is InChI=1S/C14H22N4O/c1-10-13(17-9-16-10)8-15-12-4-6-18(7-5-12)14(19)11-2-3-11/h9,11-12,15H,2-8H2,1H3,(H,16,17). The lowest BCUT2D eigenvalue weighted by molar-refractivity contribution is -0.133. The van der Waals surface area contributed by atoms with E-state index in [1.165, 1.54) is 0 Å². The van der Waals surface area contributed by atoms with Gasteiger partial charge < -0.3 is 15.2 Å². The summed E-state index contributed by atoms with van der Waals surface area (Å²) in [5.41, 5.74) is 2.23. The average Bonchev–Trinajstić information content (AvgIpc) is 3.20. The monoisotopic (exact) mass is 262 g/mol. The molecule has 5 nitrogen and oxygen atoms in total. The van der Waals surface area contributed by atoms with Gasteiger partial charge in [0.25, 0.3) is 0 Å². The van der Waals surface area contributed by atoms with E-state index in [9.17, 15) is 4.79 Å². The number of H-pyrrole nitrogens is 1. The number of nitrogens with zero attached hydrogens (tertiary/aromatic N) is 2. The first-order valence-electron chi connectivity index (χ1n) is 7.25. The van der Waals surface area contributed by atoms with Crippen molar-refractivity contribution in [3.05, 3.63) is 17.7 Å². The summed E-state index contributed by atoms with van der Waals surface area (Å²) in [5.74, 6) is 0.748. The fraction of sp³-hybridized carbons (Fsp3) is 0.714. The van der Waals surface area contributed by atoms with E-state index in [-0.39, 0.29) is 0 Å². The van der Waals surface area contributed by atoms with Crippen LogP contribution in [0.3, 0.4) is 0 Å². The molecular weight excluding hydrogens is 240 g/mol. The quantitative estimate of drug-likeness (QED) is 0.857. The molecule has 1 aliphatic heterocycles. The van der Waals surface area contributed by atoms with Crippen molar-refractivity contribution in [3.63, 3.8) is 0 Å². The highest BCUT2D eigenvalue weighted by molar-refractivity contribution is 5.81. The molecule has 0 spiro atoms. The highest BCUT2D eigenvalue weighted by Crippen LogP contribution is 2.31. The van der Waals surface area contributed by atoms with Gasteiger partial charge >= 0.3 is 0 Å². The number of hydrogen-bond donors (Lipinski definition) is 2. The normalized spacial score (nSPS) is 20.8. The maximum absolute atomic E-state index is 11.9. The van der Waals surface area contributed by atoms with Crippen molar-refractivity contribution >= 4 is 5.91 Å². The molecule has 2 heterocycles. The second-order valence-corrected chi connectivity index (χ2v) is 5.73. The largest absolute Gasteiger partial charge is 0.348 e. The van der Waals surface area contributed by atoms with Gasteiger partial charge in [0.15, 0.2) is 0 Å². The molecule has 19 heavy (non-hydrogen) atoms. The maximum atomic E-state index is 11.9. The molecule has 1 aromatic heterocycles. The Labute approximate surface area is 113 Å². The molecule has 1 aromatic rings. The summed E-state index contributed by atoms with van der Waals surface area (Å²) in [4.78, 5) is 21.4. The second kappa shape index (κ2) is 5.33. The van der Waals surface area contributed by atoms with Crippen LogP contribution >= 0.6 is 0 Å². The molecule has 2 N–H and O–H groups in total. The summed E-state index contributed by atoms with van der Waals surface area (Å²) in [6, 6.07) is 0.513. The molecule has 2 fully saturated rings. The number of piperidine rings is 1. The smallest absolute Gasteiger partial charge is 0.225 e. The molecule has 0 radical (unpaired) electrons. The number of aromatic amines is 1. The summed E-state index contributed by atoms with van der Waals surface area (Å²) < 4.78 is 0. The topological polar surface area (TPSA) is 61.0 Å². The molecule has 1 aliphatic carbocycles. The van der Waals surface area contributed by atoms with Crippen molar-refractivity contribution < 1.29 is 4.79 Å². The highest BCUT2D eigenvalue weighted by Gasteiger charge is 2.34. The average molecular weight is 262 g/mol. The first-order chi connectivity index (χ1) is 9.24. The highest BCUT2D eigenvalue weighted by atomic mass is 16.2. The Morgan fingerprint density at radius 3 is 2.74 bits per heavy atom. The number of aromatic nitrogens is 2. The van der Waals surface area contributed by atoms with E-state index in [1.54, 1.807) is 6.33 Å². The first kappa shape index (κ1) is 12.7. The Morgan fingerprint density at radius 2 is 2.16 bits per heavy atom. The number of amides is 1. The number of likely N-dealkylation sites (tertiary alicyclic amines) is 1. The molecule has 104 valence electrons. The molecule has 1 amide bonds. The van der Waals surface area contributed by atoms with Crippen LogP contribution < -0.4 is 5.32 Å². The molecule has 2 aliphatic rings. The van der Waals surface area contributed by atoms with Crippen molar-refractivity contribution in [2.75, 3.05) is 13.1 Å².